The van der Waals surface area contributed by atoms with Gasteiger partial charge in [-0.15, -0.1) is 0 Å². The van der Waals surface area contributed by atoms with Crippen LogP contribution in [0.1, 0.15) is 0 Å². The van der Waals surface area contributed by atoms with Gasteiger partial charge in [0.1, 0.15) is 52.6 Å². The van der Waals surface area contributed by atoms with Crippen LogP contribution in [0.5, 0.6) is 23.0 Å². The number of aliphatic hydroxyl groups excluding tert-OH is 4. The number of fused-ring (bicyclic) bond motifs is 1. The molecule has 3 aromatic rings. The molecule has 11 nitrogen and oxygen atoms in total. The van der Waals surface area contributed by atoms with Gasteiger partial charge in [0, 0.05) is 23.8 Å². The van der Waals surface area contributed by atoms with Crippen LogP contribution in [-0.2, 0) is 4.74 Å². The number of phenols is 1. The molecular formula is C23H24O11. The average molecular weight is 476 g/mol. The molecule has 0 aliphatic carbocycles. The van der Waals surface area contributed by atoms with Gasteiger partial charge in [-0.05, 0) is 18.2 Å². The van der Waals surface area contributed by atoms with Crippen LogP contribution in [0.15, 0.2) is 45.6 Å². The number of aromatic hydroxyl groups is 1. The number of aliphatic hydroxyl groups is 4. The Morgan fingerprint density at radius 2 is 1.71 bits per heavy atom. The zero-order chi connectivity index (χ0) is 24.6. The molecule has 1 aliphatic heterocycles. The van der Waals surface area contributed by atoms with Crippen molar-refractivity contribution >= 4 is 11.0 Å². The van der Waals surface area contributed by atoms with E-state index in [1.165, 1.54) is 44.6 Å². The van der Waals surface area contributed by atoms with Crippen molar-refractivity contribution in [1.82, 2.24) is 0 Å². The first kappa shape index (κ1) is 23.8. The van der Waals surface area contributed by atoms with Crippen molar-refractivity contribution < 1.29 is 48.9 Å². The SMILES string of the molecule is COc1cc(O)c2c(=O)cc(-c3ccc(O[C@@H]4OC(CO)[C@@H](O)C(O)C4O)c(OC)c3)oc2c1. The summed E-state index contributed by atoms with van der Waals surface area (Å²) >= 11 is 0. The number of ether oxygens (including phenoxy) is 4. The molecule has 1 saturated heterocycles. The lowest BCUT2D eigenvalue weighted by atomic mass is 9.99. The number of benzene rings is 2. The molecule has 0 amide bonds. The lowest BCUT2D eigenvalue weighted by Crippen LogP contribution is -2.60. The van der Waals surface area contributed by atoms with E-state index in [0.29, 0.717) is 11.3 Å². The largest absolute Gasteiger partial charge is 0.507 e. The first-order valence-electron chi connectivity index (χ1n) is 10.3. The third-order valence-electron chi connectivity index (χ3n) is 5.56. The zero-order valence-electron chi connectivity index (χ0n) is 18.2. The number of methoxy groups -OCH3 is 2. The number of rotatable bonds is 6. The smallest absolute Gasteiger partial charge is 0.229 e. The monoisotopic (exact) mass is 476 g/mol. The van der Waals surface area contributed by atoms with Crippen LogP contribution in [0.25, 0.3) is 22.3 Å². The van der Waals surface area contributed by atoms with Gasteiger partial charge in [0.05, 0.1) is 20.8 Å². The van der Waals surface area contributed by atoms with Crippen molar-refractivity contribution in [3.63, 3.8) is 0 Å². The Bertz CT molecular complexity index is 1240. The highest BCUT2D eigenvalue weighted by Crippen LogP contribution is 2.36. The molecule has 11 heteroatoms. The second-order valence-electron chi connectivity index (χ2n) is 7.68. The predicted molar refractivity (Wildman–Crippen MR) is 117 cm³/mol. The topological polar surface area (TPSA) is 168 Å². The van der Waals surface area contributed by atoms with Crippen LogP contribution >= 0.6 is 0 Å². The molecule has 182 valence electrons. The fraction of sp³-hybridized carbons (Fsp3) is 0.348. The molecule has 0 saturated carbocycles. The van der Waals surface area contributed by atoms with E-state index < -0.39 is 42.7 Å². The minimum absolute atomic E-state index is 0.0130. The van der Waals surface area contributed by atoms with E-state index in [4.69, 9.17) is 23.4 Å². The van der Waals surface area contributed by atoms with Crippen molar-refractivity contribution in [3.8, 4) is 34.3 Å². The Labute approximate surface area is 192 Å². The van der Waals surface area contributed by atoms with E-state index in [0.717, 1.165) is 0 Å². The van der Waals surface area contributed by atoms with Crippen LogP contribution in [0.4, 0.5) is 0 Å². The standard InChI is InChI=1S/C23H24O11/c1-30-11-6-12(25)19-13(26)8-15(32-17(19)7-11)10-3-4-14(16(5-10)31-2)33-23-22(29)21(28)20(27)18(9-24)34-23/h3-8,18,20-25,27-29H,9H2,1-2H3/t18?,20-,21?,22?,23-/m1/s1. The molecule has 1 fully saturated rings. The summed E-state index contributed by atoms with van der Waals surface area (Å²) in [6, 6.07) is 8.57. The molecule has 0 spiro atoms. The maximum atomic E-state index is 12.6. The maximum absolute atomic E-state index is 12.6. The van der Waals surface area contributed by atoms with Crippen molar-refractivity contribution in [2.75, 3.05) is 20.8 Å². The molecule has 5 N–H and O–H groups in total. The quantitative estimate of drug-likeness (QED) is 0.333. The Balaban J connectivity index is 1.68. The highest BCUT2D eigenvalue weighted by Gasteiger charge is 2.45. The lowest BCUT2D eigenvalue weighted by molar-refractivity contribution is -0.277. The van der Waals surface area contributed by atoms with E-state index in [1.807, 2.05) is 0 Å². The molecule has 4 rings (SSSR count). The second kappa shape index (κ2) is 9.49. The van der Waals surface area contributed by atoms with Gasteiger partial charge in [-0.1, -0.05) is 0 Å². The molecule has 2 heterocycles. The summed E-state index contributed by atoms with van der Waals surface area (Å²) in [5.41, 5.74) is 0.108. The number of hydrogen-bond acceptors (Lipinski definition) is 11. The normalized spacial score (nSPS) is 24.7. The third-order valence-corrected chi connectivity index (χ3v) is 5.56. The van der Waals surface area contributed by atoms with E-state index >= 15 is 0 Å². The van der Waals surface area contributed by atoms with Crippen LogP contribution in [0.2, 0.25) is 0 Å². The van der Waals surface area contributed by atoms with Gasteiger partial charge >= 0.3 is 0 Å². The second-order valence-corrected chi connectivity index (χ2v) is 7.68. The summed E-state index contributed by atoms with van der Waals surface area (Å²) in [6.45, 7) is -0.595. The third kappa shape index (κ3) is 4.27. The van der Waals surface area contributed by atoms with E-state index in [2.05, 4.69) is 0 Å². The Morgan fingerprint density at radius 1 is 0.941 bits per heavy atom. The summed E-state index contributed by atoms with van der Waals surface area (Å²) < 4.78 is 27.3. The summed E-state index contributed by atoms with van der Waals surface area (Å²) in [7, 11) is 2.79. The lowest BCUT2D eigenvalue weighted by Gasteiger charge is -2.39. The fourth-order valence-electron chi connectivity index (χ4n) is 3.71. The van der Waals surface area contributed by atoms with Crippen LogP contribution < -0.4 is 19.6 Å². The van der Waals surface area contributed by atoms with Crippen LogP contribution in [0.3, 0.4) is 0 Å². The molecule has 0 bridgehead atoms. The first-order valence-corrected chi connectivity index (χ1v) is 10.3. The molecule has 3 unspecified atom stereocenters. The molecule has 34 heavy (non-hydrogen) atoms. The van der Waals surface area contributed by atoms with Gasteiger partial charge < -0.3 is 48.9 Å². The van der Waals surface area contributed by atoms with E-state index in [9.17, 15) is 30.3 Å². The summed E-state index contributed by atoms with van der Waals surface area (Å²) in [6.07, 6.45) is -7.24. The molecule has 1 aromatic heterocycles. The summed E-state index contributed by atoms with van der Waals surface area (Å²) in [5.74, 6) is 0.535. The minimum atomic E-state index is -1.60. The summed E-state index contributed by atoms with van der Waals surface area (Å²) in [5, 5.41) is 49.6. The first-order chi connectivity index (χ1) is 16.3. The zero-order valence-corrected chi connectivity index (χ0v) is 18.2. The van der Waals surface area contributed by atoms with Crippen molar-refractivity contribution in [2.45, 2.75) is 30.7 Å². The minimum Gasteiger partial charge on any atom is -0.507 e. The fourth-order valence-corrected chi connectivity index (χ4v) is 3.71. The highest BCUT2D eigenvalue weighted by atomic mass is 16.7. The predicted octanol–water partition coefficient (Wildman–Crippen LogP) is 0.361. The van der Waals surface area contributed by atoms with Crippen LogP contribution in [0, 0.1) is 0 Å². The van der Waals surface area contributed by atoms with Gasteiger partial charge in [-0.3, -0.25) is 4.79 Å². The molecular weight excluding hydrogens is 452 g/mol. The Hall–Kier alpha value is -3.35. The van der Waals surface area contributed by atoms with E-state index in [1.54, 1.807) is 6.07 Å². The Morgan fingerprint density at radius 3 is 2.38 bits per heavy atom. The summed E-state index contributed by atoms with van der Waals surface area (Å²) in [4.78, 5) is 12.6. The van der Waals surface area contributed by atoms with Gasteiger partial charge in [0.2, 0.25) is 6.29 Å². The van der Waals surface area contributed by atoms with Gasteiger partial charge in [0.15, 0.2) is 16.9 Å². The Kier molecular flexibility index (Phi) is 6.64. The van der Waals surface area contributed by atoms with Crippen molar-refractivity contribution in [1.29, 1.82) is 0 Å². The van der Waals surface area contributed by atoms with Crippen molar-refractivity contribution in [2.24, 2.45) is 0 Å². The highest BCUT2D eigenvalue weighted by molar-refractivity contribution is 5.86. The maximum Gasteiger partial charge on any atom is 0.229 e. The van der Waals surface area contributed by atoms with Gasteiger partial charge in [-0.25, -0.2) is 0 Å². The van der Waals surface area contributed by atoms with E-state index in [-0.39, 0.29) is 34.0 Å². The molecule has 2 aromatic carbocycles. The number of hydrogen-bond donors (Lipinski definition) is 5. The number of phenolic OH excluding ortho intramolecular Hbond substituents is 1. The molecule has 1 aliphatic rings. The van der Waals surface area contributed by atoms with Crippen LogP contribution in [-0.4, -0.2) is 77.1 Å². The molecule has 5 atom stereocenters. The average Bonchev–Trinajstić information content (AvgIpc) is 2.83. The molecule has 0 radical (unpaired) electrons. The van der Waals surface area contributed by atoms with Crippen molar-refractivity contribution in [3.05, 3.63) is 46.6 Å². The van der Waals surface area contributed by atoms with Gasteiger partial charge in [0.25, 0.3) is 0 Å². The van der Waals surface area contributed by atoms with Gasteiger partial charge in [-0.2, -0.15) is 0 Å².